The van der Waals surface area contributed by atoms with E-state index in [4.69, 9.17) is 0 Å². The summed E-state index contributed by atoms with van der Waals surface area (Å²) >= 11 is 0. The van der Waals surface area contributed by atoms with Crippen LogP contribution in [0, 0.1) is 0 Å². The summed E-state index contributed by atoms with van der Waals surface area (Å²) in [5.74, 6) is -0.141. The van der Waals surface area contributed by atoms with E-state index in [1.54, 1.807) is 0 Å². The molecular weight excluding hydrogens is 152 g/mol. The van der Waals surface area contributed by atoms with Gasteiger partial charge in [-0.25, -0.2) is 5.01 Å². The van der Waals surface area contributed by atoms with Crippen molar-refractivity contribution in [3.8, 4) is 0 Å². The first-order valence-electron chi connectivity index (χ1n) is 4.07. The van der Waals surface area contributed by atoms with Crippen LogP contribution in [-0.2, 0) is 4.79 Å². The highest BCUT2D eigenvalue weighted by atomic mass is 16.2. The molecule has 0 aromatic carbocycles. The molecule has 0 aromatic rings. The summed E-state index contributed by atoms with van der Waals surface area (Å²) in [6.45, 7) is 9.78. The zero-order chi connectivity index (χ0) is 9.56. The van der Waals surface area contributed by atoms with E-state index < -0.39 is 0 Å². The molecule has 0 bridgehead atoms. The van der Waals surface area contributed by atoms with Crippen LogP contribution in [0.15, 0.2) is 17.8 Å². The Kier molecular flexibility index (Phi) is 5.00. The Morgan fingerprint density at radius 1 is 1.58 bits per heavy atom. The number of carbonyl (C=O) groups excluding carboxylic acids is 1. The van der Waals surface area contributed by atoms with E-state index in [0.29, 0.717) is 6.54 Å². The number of amides is 1. The lowest BCUT2D eigenvalue weighted by Gasteiger charge is -2.14. The van der Waals surface area contributed by atoms with Gasteiger partial charge >= 0.3 is 0 Å². The van der Waals surface area contributed by atoms with Gasteiger partial charge in [-0.15, -0.1) is 0 Å². The fourth-order valence-electron chi connectivity index (χ4n) is 0.768. The Hall–Kier alpha value is -1.12. The van der Waals surface area contributed by atoms with Crippen LogP contribution in [0.4, 0.5) is 0 Å². The summed E-state index contributed by atoms with van der Waals surface area (Å²) in [4.78, 5) is 11.1. The largest absolute Gasteiger partial charge is 0.268 e. The zero-order valence-electron chi connectivity index (χ0n) is 8.00. The van der Waals surface area contributed by atoms with E-state index in [0.717, 1.165) is 12.1 Å². The average Bonchev–Trinajstić information content (AvgIpc) is 2.01. The molecule has 0 fully saturated rings. The molecule has 0 atom stereocenters. The lowest BCUT2D eigenvalue weighted by molar-refractivity contribution is -0.126. The fraction of sp³-hybridized carbons (Fsp3) is 0.556. The maximum absolute atomic E-state index is 11.1. The first-order chi connectivity index (χ1) is 5.61. The molecule has 3 heteroatoms. The van der Waals surface area contributed by atoms with Gasteiger partial charge in [0.15, 0.2) is 0 Å². The van der Waals surface area contributed by atoms with Gasteiger partial charge in [0.25, 0.3) is 5.91 Å². The number of hydrogen-bond acceptors (Lipinski definition) is 2. The Morgan fingerprint density at radius 3 is 2.50 bits per heavy atom. The van der Waals surface area contributed by atoms with Crippen molar-refractivity contribution in [2.24, 2.45) is 5.10 Å². The van der Waals surface area contributed by atoms with Gasteiger partial charge in [0, 0.05) is 12.3 Å². The predicted octanol–water partition coefficient (Wildman–Crippen LogP) is 1.81. The molecule has 0 aromatic heterocycles. The molecule has 0 aliphatic heterocycles. The van der Waals surface area contributed by atoms with E-state index in [-0.39, 0.29) is 5.91 Å². The Morgan fingerprint density at radius 2 is 2.17 bits per heavy atom. The molecule has 0 N–H and O–H groups in total. The third-order valence-corrected chi connectivity index (χ3v) is 1.19. The normalized spacial score (nSPS) is 8.92. The summed E-state index contributed by atoms with van der Waals surface area (Å²) in [7, 11) is 0. The van der Waals surface area contributed by atoms with E-state index in [1.165, 1.54) is 11.1 Å². The molecule has 0 aliphatic rings. The van der Waals surface area contributed by atoms with Crippen LogP contribution in [-0.4, -0.2) is 23.2 Å². The van der Waals surface area contributed by atoms with Crippen LogP contribution in [0.2, 0.25) is 0 Å². The Bertz CT molecular complexity index is 193. The first-order valence-corrected chi connectivity index (χ1v) is 4.07. The van der Waals surface area contributed by atoms with Crippen LogP contribution in [0.25, 0.3) is 0 Å². The molecule has 0 saturated heterocycles. The standard InChI is InChI=1S/C9H16N2O/c1-5-7-11(9(12)6-2)10-8(3)4/h6H,2,5,7H2,1,3-4H3. The molecule has 3 nitrogen and oxygen atoms in total. The van der Waals surface area contributed by atoms with Gasteiger partial charge in [-0.2, -0.15) is 5.10 Å². The second kappa shape index (κ2) is 5.52. The van der Waals surface area contributed by atoms with Crippen molar-refractivity contribution >= 4 is 11.6 Å². The van der Waals surface area contributed by atoms with Gasteiger partial charge in [0.2, 0.25) is 0 Å². The van der Waals surface area contributed by atoms with Gasteiger partial charge in [0.05, 0.1) is 0 Å². The Labute approximate surface area is 73.8 Å². The molecule has 68 valence electrons. The van der Waals surface area contributed by atoms with Crippen molar-refractivity contribution in [1.29, 1.82) is 0 Å². The molecule has 12 heavy (non-hydrogen) atoms. The van der Waals surface area contributed by atoms with Gasteiger partial charge in [-0.3, -0.25) is 4.79 Å². The molecule has 0 spiro atoms. The second-order valence-electron chi connectivity index (χ2n) is 2.71. The minimum Gasteiger partial charge on any atom is -0.268 e. The van der Waals surface area contributed by atoms with Crippen molar-refractivity contribution < 1.29 is 4.79 Å². The monoisotopic (exact) mass is 168 g/mol. The fourth-order valence-corrected chi connectivity index (χ4v) is 0.768. The van der Waals surface area contributed by atoms with E-state index in [1.807, 2.05) is 20.8 Å². The van der Waals surface area contributed by atoms with Crippen molar-refractivity contribution in [1.82, 2.24) is 5.01 Å². The molecule has 0 saturated carbocycles. The topological polar surface area (TPSA) is 32.7 Å². The number of hydrazone groups is 1. The predicted molar refractivity (Wildman–Crippen MR) is 51.0 cm³/mol. The third-order valence-electron chi connectivity index (χ3n) is 1.19. The molecule has 0 rings (SSSR count). The van der Waals surface area contributed by atoms with Crippen LogP contribution >= 0.6 is 0 Å². The van der Waals surface area contributed by atoms with E-state index >= 15 is 0 Å². The van der Waals surface area contributed by atoms with E-state index in [2.05, 4.69) is 11.7 Å². The van der Waals surface area contributed by atoms with Crippen LogP contribution in [0.5, 0.6) is 0 Å². The number of carbonyl (C=O) groups is 1. The van der Waals surface area contributed by atoms with Crippen LogP contribution < -0.4 is 0 Å². The number of hydrogen-bond donors (Lipinski definition) is 0. The smallest absolute Gasteiger partial charge is 0.266 e. The van der Waals surface area contributed by atoms with Crippen molar-refractivity contribution in [3.63, 3.8) is 0 Å². The molecule has 0 unspecified atom stereocenters. The van der Waals surface area contributed by atoms with Gasteiger partial charge in [-0.1, -0.05) is 13.5 Å². The molecule has 0 aliphatic carbocycles. The molecule has 0 radical (unpaired) electrons. The highest BCUT2D eigenvalue weighted by Crippen LogP contribution is 1.95. The Balaban J connectivity index is 4.32. The summed E-state index contributed by atoms with van der Waals surface area (Å²) < 4.78 is 0. The summed E-state index contributed by atoms with van der Waals surface area (Å²) in [6.07, 6.45) is 2.18. The van der Waals surface area contributed by atoms with Crippen molar-refractivity contribution in [2.75, 3.05) is 6.54 Å². The highest BCUT2D eigenvalue weighted by Gasteiger charge is 2.05. The minimum atomic E-state index is -0.141. The molecule has 0 heterocycles. The van der Waals surface area contributed by atoms with Gasteiger partial charge in [0.1, 0.15) is 0 Å². The number of nitrogens with zero attached hydrogens (tertiary/aromatic N) is 2. The number of rotatable bonds is 4. The summed E-state index contributed by atoms with van der Waals surface area (Å²) in [5, 5.41) is 5.50. The second-order valence-corrected chi connectivity index (χ2v) is 2.71. The van der Waals surface area contributed by atoms with Crippen LogP contribution in [0.3, 0.4) is 0 Å². The van der Waals surface area contributed by atoms with E-state index in [9.17, 15) is 4.79 Å². The van der Waals surface area contributed by atoms with Gasteiger partial charge < -0.3 is 0 Å². The summed E-state index contributed by atoms with van der Waals surface area (Å²) in [5.41, 5.74) is 0.874. The first kappa shape index (κ1) is 10.9. The maximum Gasteiger partial charge on any atom is 0.266 e. The van der Waals surface area contributed by atoms with Crippen molar-refractivity contribution in [2.45, 2.75) is 27.2 Å². The summed E-state index contributed by atoms with van der Waals surface area (Å²) in [6, 6.07) is 0. The van der Waals surface area contributed by atoms with Gasteiger partial charge in [-0.05, 0) is 26.3 Å². The highest BCUT2D eigenvalue weighted by molar-refractivity contribution is 5.88. The zero-order valence-corrected chi connectivity index (χ0v) is 8.00. The lowest BCUT2D eigenvalue weighted by atomic mass is 10.4. The lowest BCUT2D eigenvalue weighted by Crippen LogP contribution is -2.25. The van der Waals surface area contributed by atoms with Crippen LogP contribution in [0.1, 0.15) is 27.2 Å². The quantitative estimate of drug-likeness (QED) is 0.358. The minimum absolute atomic E-state index is 0.141. The SMILES string of the molecule is C=CC(=O)N(CCC)N=C(C)C. The molecular formula is C9H16N2O. The van der Waals surface area contributed by atoms with Crippen molar-refractivity contribution in [3.05, 3.63) is 12.7 Å². The molecule has 1 amide bonds. The average molecular weight is 168 g/mol. The third kappa shape index (κ3) is 3.91. The maximum atomic E-state index is 11.1.